The third kappa shape index (κ3) is 2.84. The van der Waals surface area contributed by atoms with Crippen LogP contribution < -0.4 is 4.72 Å². The third-order valence-corrected chi connectivity index (χ3v) is 5.65. The molecule has 0 unspecified atom stereocenters. The lowest BCUT2D eigenvalue weighted by molar-refractivity contribution is 0.282. The number of halogens is 1. The van der Waals surface area contributed by atoms with E-state index < -0.39 is 15.8 Å². The first-order chi connectivity index (χ1) is 9.35. The number of hydrogen-bond donors (Lipinski definition) is 2. The van der Waals surface area contributed by atoms with Gasteiger partial charge in [-0.1, -0.05) is 6.07 Å². The normalized spacial score (nSPS) is 11.6. The predicted octanol–water partition coefficient (Wildman–Crippen LogP) is 2.80. The van der Waals surface area contributed by atoms with Gasteiger partial charge in [0.25, 0.3) is 10.0 Å². The second kappa shape index (κ2) is 5.51. The smallest absolute Gasteiger partial charge is 0.263 e. The molecule has 0 spiro atoms. The van der Waals surface area contributed by atoms with Crippen molar-refractivity contribution in [1.29, 1.82) is 0 Å². The summed E-state index contributed by atoms with van der Waals surface area (Å²) in [5.74, 6) is -0.477. The molecular formula is C13H14FNO3S2. The quantitative estimate of drug-likeness (QED) is 0.912. The number of aryl methyl sites for hydroxylation is 2. The largest absolute Gasteiger partial charge is 0.391 e. The lowest BCUT2D eigenvalue weighted by Gasteiger charge is -2.10. The highest BCUT2D eigenvalue weighted by Gasteiger charge is 2.23. The molecule has 2 aromatic rings. The average Bonchev–Trinajstić information content (AvgIpc) is 2.75. The first-order valence-corrected chi connectivity index (χ1v) is 8.18. The van der Waals surface area contributed by atoms with Crippen molar-refractivity contribution in [2.75, 3.05) is 4.72 Å². The lowest BCUT2D eigenvalue weighted by atomic mass is 10.2. The van der Waals surface area contributed by atoms with Gasteiger partial charge in [-0.2, -0.15) is 0 Å². The fourth-order valence-electron chi connectivity index (χ4n) is 1.82. The molecule has 1 aromatic carbocycles. The lowest BCUT2D eigenvalue weighted by Crippen LogP contribution is -2.15. The molecule has 7 heteroatoms. The molecule has 0 radical (unpaired) electrons. The molecular weight excluding hydrogens is 301 g/mol. The van der Waals surface area contributed by atoms with Crippen LogP contribution in [0.5, 0.6) is 0 Å². The van der Waals surface area contributed by atoms with E-state index in [0.717, 1.165) is 6.07 Å². The van der Waals surface area contributed by atoms with Crippen molar-refractivity contribution in [3.8, 4) is 0 Å². The minimum absolute atomic E-state index is 0.0611. The summed E-state index contributed by atoms with van der Waals surface area (Å²) in [6.45, 7) is 2.90. The Labute approximate surface area is 120 Å². The summed E-state index contributed by atoms with van der Waals surface area (Å²) in [6, 6.07) is 4.13. The third-order valence-electron chi connectivity index (χ3n) is 2.83. The maximum atomic E-state index is 13.4. The van der Waals surface area contributed by atoms with Gasteiger partial charge in [0.15, 0.2) is 0 Å². The van der Waals surface area contributed by atoms with Gasteiger partial charge >= 0.3 is 0 Å². The van der Waals surface area contributed by atoms with Crippen LogP contribution in [0, 0.1) is 19.7 Å². The fourth-order valence-corrected chi connectivity index (χ4v) is 4.53. The number of aliphatic hydroxyl groups excluding tert-OH is 1. The summed E-state index contributed by atoms with van der Waals surface area (Å²) in [5.41, 5.74) is 1.15. The second-order valence-electron chi connectivity index (χ2n) is 4.40. The van der Waals surface area contributed by atoms with E-state index in [1.165, 1.54) is 23.5 Å². The molecule has 0 atom stereocenters. The van der Waals surface area contributed by atoms with Crippen LogP contribution in [0.2, 0.25) is 0 Å². The van der Waals surface area contributed by atoms with Crippen LogP contribution in [0.1, 0.15) is 16.0 Å². The Hall–Kier alpha value is -1.44. The molecule has 0 saturated carbocycles. The Bertz CT molecular complexity index is 738. The molecule has 108 valence electrons. The Balaban J connectivity index is 2.40. The van der Waals surface area contributed by atoms with Crippen LogP contribution in [-0.2, 0) is 16.6 Å². The molecule has 0 bridgehead atoms. The minimum atomic E-state index is -3.84. The van der Waals surface area contributed by atoms with Crippen molar-refractivity contribution in [3.05, 3.63) is 45.4 Å². The van der Waals surface area contributed by atoms with E-state index in [0.29, 0.717) is 16.0 Å². The summed E-state index contributed by atoms with van der Waals surface area (Å²) >= 11 is 1.18. The maximum absolute atomic E-state index is 13.4. The van der Waals surface area contributed by atoms with Crippen molar-refractivity contribution < 1.29 is 17.9 Å². The fraction of sp³-hybridized carbons (Fsp3) is 0.231. The van der Waals surface area contributed by atoms with E-state index in [1.54, 1.807) is 19.2 Å². The van der Waals surface area contributed by atoms with Crippen LogP contribution in [0.4, 0.5) is 10.1 Å². The molecule has 0 aliphatic rings. The van der Waals surface area contributed by atoms with Gasteiger partial charge in [-0.15, -0.1) is 11.3 Å². The molecule has 0 aliphatic heterocycles. The van der Waals surface area contributed by atoms with Crippen molar-refractivity contribution >= 4 is 27.0 Å². The van der Waals surface area contributed by atoms with Crippen LogP contribution >= 0.6 is 11.3 Å². The molecule has 2 rings (SSSR count). The van der Waals surface area contributed by atoms with E-state index in [-0.39, 0.29) is 17.2 Å². The zero-order valence-electron chi connectivity index (χ0n) is 11.0. The Morgan fingerprint density at radius 3 is 2.60 bits per heavy atom. The molecule has 0 saturated heterocycles. The van der Waals surface area contributed by atoms with Crippen molar-refractivity contribution in [3.63, 3.8) is 0 Å². The number of thiophene rings is 1. The van der Waals surface area contributed by atoms with Gasteiger partial charge in [0.1, 0.15) is 10.7 Å². The van der Waals surface area contributed by atoms with Crippen molar-refractivity contribution in [2.45, 2.75) is 25.3 Å². The topological polar surface area (TPSA) is 66.4 Å². The van der Waals surface area contributed by atoms with Crippen molar-refractivity contribution in [1.82, 2.24) is 0 Å². The van der Waals surface area contributed by atoms with Crippen LogP contribution in [0.25, 0.3) is 0 Å². The molecule has 1 aromatic heterocycles. The Morgan fingerprint density at radius 1 is 1.30 bits per heavy atom. The number of sulfonamides is 1. The second-order valence-corrected chi connectivity index (χ2v) is 6.98. The predicted molar refractivity (Wildman–Crippen MR) is 76.9 cm³/mol. The summed E-state index contributed by atoms with van der Waals surface area (Å²) in [7, 11) is -3.84. The number of anilines is 1. The van der Waals surface area contributed by atoms with Crippen LogP contribution in [0.3, 0.4) is 0 Å². The zero-order chi connectivity index (χ0) is 14.9. The number of hydrogen-bond acceptors (Lipinski definition) is 4. The molecule has 1 heterocycles. The van der Waals surface area contributed by atoms with Gasteiger partial charge < -0.3 is 5.11 Å². The summed E-state index contributed by atoms with van der Waals surface area (Å²) in [6.07, 6.45) is 0. The zero-order valence-corrected chi connectivity index (χ0v) is 12.6. The van der Waals surface area contributed by atoms with E-state index in [4.69, 9.17) is 0 Å². The number of rotatable bonds is 4. The van der Waals surface area contributed by atoms with Gasteiger partial charge in [0.05, 0.1) is 17.2 Å². The summed E-state index contributed by atoms with van der Waals surface area (Å²) in [5, 5.41) is 10.9. The summed E-state index contributed by atoms with van der Waals surface area (Å²) < 4.78 is 40.4. The molecule has 0 amide bonds. The molecule has 4 nitrogen and oxygen atoms in total. The first-order valence-electron chi connectivity index (χ1n) is 5.82. The van der Waals surface area contributed by atoms with Gasteiger partial charge in [0, 0.05) is 0 Å². The standard InChI is InChI=1S/C13H14FNO3S2/c1-8-3-4-10(5-11(8)14)15-20(17,18)13-9(2)7-19-12(13)6-16/h3-5,7,15-16H,6H2,1-2H3. The number of benzene rings is 1. The minimum Gasteiger partial charge on any atom is -0.391 e. The Kier molecular flexibility index (Phi) is 4.12. The monoisotopic (exact) mass is 315 g/mol. The van der Waals surface area contributed by atoms with E-state index >= 15 is 0 Å². The molecule has 0 aliphatic carbocycles. The first kappa shape index (κ1) is 15.0. The SMILES string of the molecule is Cc1ccc(NS(=O)(=O)c2c(C)csc2CO)cc1F. The molecule has 2 N–H and O–H groups in total. The highest BCUT2D eigenvalue weighted by molar-refractivity contribution is 7.93. The van der Waals surface area contributed by atoms with Crippen molar-refractivity contribution in [2.24, 2.45) is 0 Å². The maximum Gasteiger partial charge on any atom is 0.263 e. The van der Waals surface area contributed by atoms with Gasteiger partial charge in [0.2, 0.25) is 0 Å². The van der Waals surface area contributed by atoms with Gasteiger partial charge in [-0.3, -0.25) is 4.72 Å². The molecule has 20 heavy (non-hydrogen) atoms. The highest BCUT2D eigenvalue weighted by atomic mass is 32.2. The van der Waals surface area contributed by atoms with Crippen LogP contribution in [0.15, 0.2) is 28.5 Å². The number of nitrogens with one attached hydrogen (secondary N) is 1. The van der Waals surface area contributed by atoms with Gasteiger partial charge in [-0.25, -0.2) is 12.8 Å². The Morgan fingerprint density at radius 2 is 2.00 bits per heavy atom. The van der Waals surface area contributed by atoms with E-state index in [9.17, 15) is 17.9 Å². The highest BCUT2D eigenvalue weighted by Crippen LogP contribution is 2.28. The average molecular weight is 315 g/mol. The van der Waals surface area contributed by atoms with E-state index in [1.807, 2.05) is 0 Å². The van der Waals surface area contributed by atoms with E-state index in [2.05, 4.69) is 4.72 Å². The summed E-state index contributed by atoms with van der Waals surface area (Å²) in [4.78, 5) is 0.425. The van der Waals surface area contributed by atoms with Crippen LogP contribution in [-0.4, -0.2) is 13.5 Å². The van der Waals surface area contributed by atoms with Gasteiger partial charge in [-0.05, 0) is 42.5 Å². The number of aliphatic hydroxyl groups is 1. The molecule has 0 fully saturated rings.